The van der Waals surface area contributed by atoms with Gasteiger partial charge in [-0.1, -0.05) is 26.0 Å². The molecular weight excluding hydrogens is 300 g/mol. The van der Waals surface area contributed by atoms with Gasteiger partial charge < -0.3 is 9.72 Å². The van der Waals surface area contributed by atoms with E-state index in [1.807, 2.05) is 24.3 Å². The number of methoxy groups -OCH3 is 1. The molecule has 1 saturated carbocycles. The van der Waals surface area contributed by atoms with E-state index in [1.165, 1.54) is 0 Å². The van der Waals surface area contributed by atoms with Crippen molar-refractivity contribution in [3.8, 4) is 22.9 Å². The Balaban J connectivity index is 2.00. The summed E-state index contributed by atoms with van der Waals surface area (Å²) in [6.45, 7) is 4.55. The van der Waals surface area contributed by atoms with Crippen LogP contribution >= 0.6 is 0 Å². The smallest absolute Gasteiger partial charge is 0.266 e. The molecule has 1 N–H and O–H groups in total. The Kier molecular flexibility index (Phi) is 3.11. The van der Waals surface area contributed by atoms with Gasteiger partial charge in [0.2, 0.25) is 0 Å². The summed E-state index contributed by atoms with van der Waals surface area (Å²) < 4.78 is 5.32. The van der Waals surface area contributed by atoms with Gasteiger partial charge in [0.1, 0.15) is 17.4 Å². The first kappa shape index (κ1) is 15.0. The topological polar surface area (TPSA) is 65.9 Å². The average molecular weight is 320 g/mol. The molecule has 0 saturated heterocycles. The van der Waals surface area contributed by atoms with Crippen LogP contribution in [0.1, 0.15) is 43.0 Å². The largest absolute Gasteiger partial charge is 0.497 e. The molecular formula is C20H20N2O2. The molecule has 4 nitrogen and oxygen atoms in total. The summed E-state index contributed by atoms with van der Waals surface area (Å²) in [4.78, 5) is 15.6. The van der Waals surface area contributed by atoms with E-state index in [1.54, 1.807) is 7.11 Å². The number of aromatic nitrogens is 1. The molecule has 1 heterocycles. The van der Waals surface area contributed by atoms with Gasteiger partial charge in [-0.05, 0) is 47.4 Å². The lowest BCUT2D eigenvalue weighted by molar-refractivity contribution is 0.0155. The number of hydrogen-bond acceptors (Lipinski definition) is 3. The van der Waals surface area contributed by atoms with E-state index in [2.05, 4.69) is 24.9 Å². The van der Waals surface area contributed by atoms with Crippen LogP contribution in [0.3, 0.4) is 0 Å². The number of nitriles is 1. The minimum atomic E-state index is -0.282. The third-order valence-electron chi connectivity index (χ3n) is 6.09. The van der Waals surface area contributed by atoms with Crippen molar-refractivity contribution in [1.82, 2.24) is 4.98 Å². The van der Waals surface area contributed by atoms with E-state index in [0.29, 0.717) is 11.8 Å². The quantitative estimate of drug-likeness (QED) is 0.919. The van der Waals surface area contributed by atoms with Gasteiger partial charge >= 0.3 is 0 Å². The summed E-state index contributed by atoms with van der Waals surface area (Å²) in [7, 11) is 1.62. The van der Waals surface area contributed by atoms with Crippen LogP contribution in [0.2, 0.25) is 0 Å². The van der Waals surface area contributed by atoms with Gasteiger partial charge in [0.15, 0.2) is 0 Å². The zero-order chi connectivity index (χ0) is 17.1. The standard InChI is InChI=1S/C20H20N2O2/c1-20(2)12-8-14-17(11-5-4-6-13(7-11)24-3)15(10-21)19(23)22-18(14)16(20)9-12/h4-7,12,16H,8-9H2,1-3H3,(H,22,23)/t12-,16-/m0/s1. The summed E-state index contributed by atoms with van der Waals surface area (Å²) in [6.07, 6.45) is 2.04. The fourth-order valence-corrected chi connectivity index (χ4v) is 4.47. The molecule has 1 fully saturated rings. The summed E-state index contributed by atoms with van der Waals surface area (Å²) in [5.41, 5.74) is 3.99. The minimum Gasteiger partial charge on any atom is -0.497 e. The maximum absolute atomic E-state index is 12.5. The summed E-state index contributed by atoms with van der Waals surface area (Å²) >= 11 is 0. The number of hydrogen-bond donors (Lipinski definition) is 1. The molecule has 2 aromatic rings. The molecule has 4 heteroatoms. The zero-order valence-electron chi connectivity index (χ0n) is 14.1. The van der Waals surface area contributed by atoms with E-state index in [-0.39, 0.29) is 16.5 Å². The number of pyridine rings is 1. The Morgan fingerprint density at radius 1 is 1.38 bits per heavy atom. The van der Waals surface area contributed by atoms with Gasteiger partial charge in [-0.15, -0.1) is 0 Å². The van der Waals surface area contributed by atoms with Crippen LogP contribution in [0.4, 0.5) is 0 Å². The lowest BCUT2D eigenvalue weighted by atomic mass is 9.48. The average Bonchev–Trinajstić information content (AvgIpc) is 2.59. The first-order valence-electron chi connectivity index (χ1n) is 8.31. The molecule has 24 heavy (non-hydrogen) atoms. The van der Waals surface area contributed by atoms with Crippen LogP contribution in [-0.2, 0) is 6.42 Å². The summed E-state index contributed by atoms with van der Waals surface area (Å²) in [6, 6.07) is 9.74. The van der Waals surface area contributed by atoms with Crippen molar-refractivity contribution in [2.45, 2.75) is 32.6 Å². The van der Waals surface area contributed by atoms with Crippen molar-refractivity contribution in [3.63, 3.8) is 0 Å². The Morgan fingerprint density at radius 2 is 2.17 bits per heavy atom. The van der Waals surface area contributed by atoms with E-state index >= 15 is 0 Å². The van der Waals surface area contributed by atoms with Crippen LogP contribution in [0.15, 0.2) is 29.1 Å². The van der Waals surface area contributed by atoms with Crippen molar-refractivity contribution in [2.75, 3.05) is 7.11 Å². The normalized spacial score (nSPS) is 22.9. The number of benzene rings is 1. The maximum Gasteiger partial charge on any atom is 0.266 e. The molecule has 1 aromatic carbocycles. The van der Waals surface area contributed by atoms with E-state index in [0.717, 1.165) is 41.0 Å². The SMILES string of the molecule is COc1cccc(-c2c3c([nH]c(=O)c2C#N)[C@@H]2C[C@H](C3)C2(C)C)c1. The van der Waals surface area contributed by atoms with Gasteiger partial charge in [-0.2, -0.15) is 5.26 Å². The van der Waals surface area contributed by atoms with Crippen molar-refractivity contribution in [3.05, 3.63) is 51.4 Å². The maximum atomic E-state index is 12.5. The molecule has 2 bridgehead atoms. The number of ether oxygens (including phenoxy) is 1. The molecule has 0 amide bonds. The van der Waals surface area contributed by atoms with E-state index in [9.17, 15) is 10.1 Å². The number of aromatic amines is 1. The van der Waals surface area contributed by atoms with Crippen molar-refractivity contribution < 1.29 is 4.74 Å². The molecule has 0 radical (unpaired) electrons. The predicted octanol–water partition coefficient (Wildman–Crippen LogP) is 3.61. The van der Waals surface area contributed by atoms with E-state index in [4.69, 9.17) is 4.74 Å². The highest BCUT2D eigenvalue weighted by atomic mass is 16.5. The molecule has 3 aliphatic carbocycles. The first-order chi connectivity index (χ1) is 11.5. The molecule has 5 rings (SSSR count). The number of nitrogens with zero attached hydrogens (tertiary/aromatic N) is 1. The third kappa shape index (κ3) is 1.88. The van der Waals surface area contributed by atoms with Crippen LogP contribution in [0, 0.1) is 22.7 Å². The van der Waals surface area contributed by atoms with Gasteiger partial charge in [0, 0.05) is 17.2 Å². The first-order valence-corrected chi connectivity index (χ1v) is 8.31. The molecule has 3 aliphatic rings. The molecule has 1 aromatic heterocycles. The van der Waals surface area contributed by atoms with Crippen LogP contribution in [-0.4, -0.2) is 12.1 Å². The van der Waals surface area contributed by atoms with Crippen molar-refractivity contribution in [1.29, 1.82) is 5.26 Å². The summed E-state index contributed by atoms with van der Waals surface area (Å²) in [5.74, 6) is 1.71. The monoisotopic (exact) mass is 320 g/mol. The van der Waals surface area contributed by atoms with Gasteiger partial charge in [0.25, 0.3) is 5.56 Å². The Bertz CT molecular complexity index is 934. The van der Waals surface area contributed by atoms with Crippen LogP contribution in [0.5, 0.6) is 5.75 Å². The fraction of sp³-hybridized carbons (Fsp3) is 0.400. The Hall–Kier alpha value is -2.54. The second-order valence-corrected chi connectivity index (χ2v) is 7.45. The molecule has 0 aliphatic heterocycles. The Morgan fingerprint density at radius 3 is 2.83 bits per heavy atom. The second-order valence-electron chi connectivity index (χ2n) is 7.45. The molecule has 122 valence electrons. The molecule has 0 spiro atoms. The molecule has 2 atom stereocenters. The number of rotatable bonds is 2. The lowest BCUT2D eigenvalue weighted by Gasteiger charge is -2.57. The predicted molar refractivity (Wildman–Crippen MR) is 92.1 cm³/mol. The summed E-state index contributed by atoms with van der Waals surface area (Å²) in [5, 5.41) is 9.57. The highest BCUT2D eigenvalue weighted by Crippen LogP contribution is 2.62. The third-order valence-corrected chi connectivity index (χ3v) is 6.09. The molecule has 0 unspecified atom stereocenters. The van der Waals surface area contributed by atoms with Crippen LogP contribution in [0.25, 0.3) is 11.1 Å². The van der Waals surface area contributed by atoms with Gasteiger partial charge in [0.05, 0.1) is 7.11 Å². The van der Waals surface area contributed by atoms with Gasteiger partial charge in [-0.3, -0.25) is 4.79 Å². The van der Waals surface area contributed by atoms with Crippen LogP contribution < -0.4 is 10.3 Å². The lowest BCUT2D eigenvalue weighted by Crippen LogP contribution is -2.49. The van der Waals surface area contributed by atoms with Gasteiger partial charge in [-0.25, -0.2) is 0 Å². The highest BCUT2D eigenvalue weighted by Gasteiger charge is 2.53. The fourth-order valence-electron chi connectivity index (χ4n) is 4.47. The number of nitrogens with one attached hydrogen (secondary N) is 1. The minimum absolute atomic E-state index is 0.209. The zero-order valence-corrected chi connectivity index (χ0v) is 14.1. The second kappa shape index (κ2) is 4.98. The highest BCUT2D eigenvalue weighted by molar-refractivity contribution is 5.76. The van der Waals surface area contributed by atoms with Crippen molar-refractivity contribution in [2.24, 2.45) is 11.3 Å². The van der Waals surface area contributed by atoms with E-state index < -0.39 is 0 Å². The van der Waals surface area contributed by atoms with Crippen molar-refractivity contribution >= 4 is 0 Å². The Labute approximate surface area is 141 Å². The number of H-pyrrole nitrogens is 1.